The molecule has 0 atom stereocenters. The molecule has 2 heterocycles. The van der Waals surface area contributed by atoms with Crippen molar-refractivity contribution in [3.8, 4) is 0 Å². The van der Waals surface area contributed by atoms with E-state index in [0.717, 1.165) is 55.5 Å². The topological polar surface area (TPSA) is 61.4 Å². The van der Waals surface area contributed by atoms with Crippen LogP contribution in [0.5, 0.6) is 0 Å². The molecule has 1 amide bonds. The Morgan fingerprint density at radius 2 is 1.85 bits per heavy atom. The molecular formula is C19H20FN5OS. The van der Waals surface area contributed by atoms with Crippen LogP contribution in [-0.4, -0.2) is 58.8 Å². The van der Waals surface area contributed by atoms with Crippen molar-refractivity contribution in [2.75, 3.05) is 44.2 Å². The zero-order valence-corrected chi connectivity index (χ0v) is 15.6. The number of amides is 1. The molecule has 1 N–H and O–H groups in total. The van der Waals surface area contributed by atoms with Crippen molar-refractivity contribution >= 4 is 34.4 Å². The summed E-state index contributed by atoms with van der Waals surface area (Å²) in [6, 6.07) is 12.2. The summed E-state index contributed by atoms with van der Waals surface area (Å²) in [6.45, 7) is 4.61. The lowest BCUT2D eigenvalue weighted by Crippen LogP contribution is -2.48. The summed E-state index contributed by atoms with van der Waals surface area (Å²) in [5, 5.41) is 2.96. The fourth-order valence-corrected chi connectivity index (χ4v) is 3.79. The normalized spacial score (nSPS) is 15.2. The van der Waals surface area contributed by atoms with E-state index < -0.39 is 0 Å². The maximum absolute atomic E-state index is 13.9. The van der Waals surface area contributed by atoms with E-state index >= 15 is 0 Å². The molecule has 0 saturated carbocycles. The molecule has 0 radical (unpaired) electrons. The van der Waals surface area contributed by atoms with Crippen molar-refractivity contribution in [2.45, 2.75) is 0 Å². The number of nitrogens with one attached hydrogen (secondary N) is 1. The molecule has 6 nitrogen and oxygen atoms in total. The summed E-state index contributed by atoms with van der Waals surface area (Å²) in [4.78, 5) is 16.7. The van der Waals surface area contributed by atoms with Crippen LogP contribution in [0.15, 0.2) is 42.5 Å². The van der Waals surface area contributed by atoms with Crippen molar-refractivity contribution in [1.29, 1.82) is 0 Å². The number of carbonyl (C=O) groups excluding carboxylic acids is 1. The van der Waals surface area contributed by atoms with Crippen LogP contribution in [0.25, 0.3) is 11.0 Å². The Hall–Kier alpha value is -2.58. The van der Waals surface area contributed by atoms with Gasteiger partial charge in [-0.3, -0.25) is 9.69 Å². The number of anilines is 1. The molecule has 0 spiro atoms. The Labute approximate surface area is 160 Å². The Morgan fingerprint density at radius 3 is 2.67 bits per heavy atom. The van der Waals surface area contributed by atoms with E-state index in [0.29, 0.717) is 17.8 Å². The summed E-state index contributed by atoms with van der Waals surface area (Å²) in [5.41, 5.74) is 2.82. The van der Waals surface area contributed by atoms with Gasteiger partial charge >= 0.3 is 0 Å². The molecule has 1 aromatic heterocycles. The minimum Gasteiger partial charge on any atom is -0.367 e. The van der Waals surface area contributed by atoms with Crippen molar-refractivity contribution < 1.29 is 9.18 Å². The maximum atomic E-state index is 13.9. The van der Waals surface area contributed by atoms with E-state index in [1.165, 1.54) is 6.07 Å². The third-order valence-corrected chi connectivity index (χ3v) is 5.35. The molecule has 1 aliphatic rings. The predicted molar refractivity (Wildman–Crippen MR) is 105 cm³/mol. The number of piperazine rings is 1. The number of nitrogens with zero attached hydrogens (tertiary/aromatic N) is 4. The maximum Gasteiger partial charge on any atom is 0.251 e. The SMILES string of the molecule is O=C(NCCN1CCN(c2ccccc2F)CC1)c1ccc2nsnc2c1. The molecule has 0 aliphatic carbocycles. The molecule has 8 heteroatoms. The van der Waals surface area contributed by atoms with Crippen LogP contribution in [0.3, 0.4) is 0 Å². The van der Waals surface area contributed by atoms with E-state index in [1.807, 2.05) is 18.2 Å². The van der Waals surface area contributed by atoms with Gasteiger partial charge in [-0.25, -0.2) is 4.39 Å². The molecule has 2 aromatic carbocycles. The van der Waals surface area contributed by atoms with E-state index in [-0.39, 0.29) is 11.7 Å². The zero-order chi connectivity index (χ0) is 18.6. The van der Waals surface area contributed by atoms with Gasteiger partial charge in [-0.15, -0.1) is 0 Å². The van der Waals surface area contributed by atoms with E-state index in [4.69, 9.17) is 0 Å². The highest BCUT2D eigenvalue weighted by Crippen LogP contribution is 2.20. The van der Waals surface area contributed by atoms with Crippen LogP contribution >= 0.6 is 11.7 Å². The Morgan fingerprint density at radius 1 is 1.07 bits per heavy atom. The van der Waals surface area contributed by atoms with Crippen LogP contribution in [0.2, 0.25) is 0 Å². The molecule has 140 valence electrons. The highest BCUT2D eigenvalue weighted by atomic mass is 32.1. The average Bonchev–Trinajstić information content (AvgIpc) is 3.17. The summed E-state index contributed by atoms with van der Waals surface area (Å²) in [5.74, 6) is -0.277. The summed E-state index contributed by atoms with van der Waals surface area (Å²) in [6.07, 6.45) is 0. The fourth-order valence-electron chi connectivity index (χ4n) is 3.27. The predicted octanol–water partition coefficient (Wildman–Crippen LogP) is 2.38. The number of fused-ring (bicyclic) bond motifs is 1. The van der Waals surface area contributed by atoms with Crippen molar-refractivity contribution in [3.05, 3.63) is 53.8 Å². The highest BCUT2D eigenvalue weighted by molar-refractivity contribution is 7.00. The Balaban J connectivity index is 1.24. The second kappa shape index (κ2) is 7.98. The number of aromatic nitrogens is 2. The van der Waals surface area contributed by atoms with Crippen LogP contribution in [0.1, 0.15) is 10.4 Å². The first-order chi connectivity index (χ1) is 13.2. The standard InChI is InChI=1S/C19H20FN5OS/c20-15-3-1-2-4-18(15)25-11-9-24(10-12-25)8-7-21-19(26)14-5-6-16-17(13-14)23-27-22-16/h1-6,13H,7-12H2,(H,21,26). The Bertz CT molecular complexity index is 939. The lowest BCUT2D eigenvalue weighted by molar-refractivity contribution is 0.0948. The van der Waals surface area contributed by atoms with Gasteiger partial charge < -0.3 is 10.2 Å². The van der Waals surface area contributed by atoms with Crippen LogP contribution in [0.4, 0.5) is 10.1 Å². The quantitative estimate of drug-likeness (QED) is 0.731. The minimum absolute atomic E-state index is 0.102. The van der Waals surface area contributed by atoms with Gasteiger partial charge in [-0.05, 0) is 30.3 Å². The number of para-hydroxylation sites is 1. The van der Waals surface area contributed by atoms with Gasteiger partial charge in [-0.1, -0.05) is 12.1 Å². The molecule has 0 unspecified atom stereocenters. The molecule has 1 fully saturated rings. The summed E-state index contributed by atoms with van der Waals surface area (Å²) in [7, 11) is 0. The number of carbonyl (C=O) groups is 1. The fraction of sp³-hybridized carbons (Fsp3) is 0.316. The Kier molecular flexibility index (Phi) is 5.26. The number of rotatable bonds is 5. The van der Waals surface area contributed by atoms with Gasteiger partial charge in [0.05, 0.1) is 17.4 Å². The molecule has 4 rings (SSSR count). The smallest absolute Gasteiger partial charge is 0.251 e. The van der Waals surface area contributed by atoms with Gasteiger partial charge in [0.1, 0.15) is 16.9 Å². The largest absolute Gasteiger partial charge is 0.367 e. The third kappa shape index (κ3) is 4.06. The van der Waals surface area contributed by atoms with Crippen molar-refractivity contribution in [2.24, 2.45) is 0 Å². The molecule has 27 heavy (non-hydrogen) atoms. The van der Waals surface area contributed by atoms with Gasteiger partial charge in [0.2, 0.25) is 0 Å². The monoisotopic (exact) mass is 385 g/mol. The number of halogens is 1. The summed E-state index contributed by atoms with van der Waals surface area (Å²) >= 11 is 1.14. The third-order valence-electron chi connectivity index (χ3n) is 4.79. The number of hydrogen-bond acceptors (Lipinski definition) is 6. The minimum atomic E-state index is -0.175. The van der Waals surface area contributed by atoms with Gasteiger partial charge in [0, 0.05) is 44.8 Å². The van der Waals surface area contributed by atoms with Crippen molar-refractivity contribution in [1.82, 2.24) is 19.0 Å². The lowest BCUT2D eigenvalue weighted by atomic mass is 10.2. The number of hydrogen-bond donors (Lipinski definition) is 1. The first kappa shape index (κ1) is 17.8. The van der Waals surface area contributed by atoms with E-state index in [9.17, 15) is 9.18 Å². The first-order valence-corrected chi connectivity index (χ1v) is 9.66. The summed E-state index contributed by atoms with van der Waals surface area (Å²) < 4.78 is 22.2. The highest BCUT2D eigenvalue weighted by Gasteiger charge is 2.19. The molecular weight excluding hydrogens is 365 g/mol. The molecule has 1 saturated heterocycles. The molecule has 0 bridgehead atoms. The van der Waals surface area contributed by atoms with Gasteiger partial charge in [0.15, 0.2) is 0 Å². The zero-order valence-electron chi connectivity index (χ0n) is 14.8. The second-order valence-corrected chi connectivity index (χ2v) is 7.03. The average molecular weight is 385 g/mol. The van der Waals surface area contributed by atoms with Crippen LogP contribution in [-0.2, 0) is 0 Å². The van der Waals surface area contributed by atoms with E-state index in [2.05, 4.69) is 23.9 Å². The first-order valence-electron chi connectivity index (χ1n) is 8.93. The van der Waals surface area contributed by atoms with Crippen LogP contribution < -0.4 is 10.2 Å². The van der Waals surface area contributed by atoms with E-state index in [1.54, 1.807) is 18.2 Å². The van der Waals surface area contributed by atoms with Gasteiger partial charge in [0.25, 0.3) is 5.91 Å². The molecule has 1 aliphatic heterocycles. The number of benzene rings is 2. The van der Waals surface area contributed by atoms with Crippen molar-refractivity contribution in [3.63, 3.8) is 0 Å². The van der Waals surface area contributed by atoms with Crippen LogP contribution in [0, 0.1) is 5.82 Å². The lowest BCUT2D eigenvalue weighted by Gasteiger charge is -2.36. The molecule has 3 aromatic rings. The second-order valence-electron chi connectivity index (χ2n) is 6.50. The van der Waals surface area contributed by atoms with Gasteiger partial charge in [-0.2, -0.15) is 8.75 Å².